The molecule has 2 atom stereocenters. The predicted octanol–water partition coefficient (Wildman–Crippen LogP) is 3.99. The summed E-state index contributed by atoms with van der Waals surface area (Å²) in [5.74, 6) is -0.921. The number of carbonyl (C=O) groups is 2. The molecule has 0 bridgehead atoms. The Hall–Kier alpha value is -3.84. The van der Waals surface area contributed by atoms with Gasteiger partial charge in [-0.25, -0.2) is 0 Å². The second-order valence-corrected chi connectivity index (χ2v) is 9.97. The number of nitrogens with zero attached hydrogens (tertiary/aromatic N) is 2. The van der Waals surface area contributed by atoms with Gasteiger partial charge in [-0.3, -0.25) is 14.6 Å². The molecule has 8 heteroatoms. The molecule has 1 heterocycles. The first-order valence-corrected chi connectivity index (χ1v) is 13.3. The highest BCUT2D eigenvalue weighted by Gasteiger charge is 2.31. The molecule has 0 saturated heterocycles. The summed E-state index contributed by atoms with van der Waals surface area (Å²) in [4.78, 5) is 33.6. The number of nitrogens with two attached hydrogens (primary N) is 2. The van der Waals surface area contributed by atoms with Gasteiger partial charge in [-0.05, 0) is 60.1 Å². The Kier molecular flexibility index (Phi) is 9.38. The summed E-state index contributed by atoms with van der Waals surface area (Å²) in [5.41, 5.74) is 15.0. The van der Waals surface area contributed by atoms with Crippen LogP contribution in [0.5, 0.6) is 0 Å². The number of guanidine groups is 1. The maximum atomic E-state index is 13.9. The van der Waals surface area contributed by atoms with E-state index in [0.29, 0.717) is 37.5 Å². The number of rotatable bonds is 9. The smallest absolute Gasteiger partial charge is 0.245 e. The van der Waals surface area contributed by atoms with Crippen molar-refractivity contribution in [2.45, 2.75) is 44.2 Å². The van der Waals surface area contributed by atoms with Crippen LogP contribution < -0.4 is 16.8 Å². The van der Waals surface area contributed by atoms with Crippen molar-refractivity contribution in [2.24, 2.45) is 16.5 Å². The van der Waals surface area contributed by atoms with Crippen molar-refractivity contribution in [2.75, 3.05) is 13.1 Å². The van der Waals surface area contributed by atoms with E-state index in [4.69, 9.17) is 23.1 Å². The molecule has 3 aromatic carbocycles. The van der Waals surface area contributed by atoms with Gasteiger partial charge in [0.05, 0.1) is 5.92 Å². The second kappa shape index (κ2) is 13.1. The van der Waals surface area contributed by atoms with E-state index in [9.17, 15) is 9.59 Å². The summed E-state index contributed by atoms with van der Waals surface area (Å²) in [6.07, 6.45) is 2.76. The normalized spacial score (nSPS) is 14.5. The molecule has 3 aromatic rings. The first-order valence-electron chi connectivity index (χ1n) is 12.9. The fourth-order valence-corrected chi connectivity index (χ4v) is 5.05. The van der Waals surface area contributed by atoms with Crippen molar-refractivity contribution in [3.05, 3.63) is 106 Å². The minimum atomic E-state index is -0.708. The van der Waals surface area contributed by atoms with Crippen LogP contribution in [-0.4, -0.2) is 41.8 Å². The van der Waals surface area contributed by atoms with E-state index in [1.807, 2.05) is 59.5 Å². The maximum Gasteiger partial charge on any atom is 0.245 e. The van der Waals surface area contributed by atoms with E-state index < -0.39 is 12.0 Å². The van der Waals surface area contributed by atoms with Crippen molar-refractivity contribution in [3.8, 4) is 0 Å². The molecule has 1 aliphatic heterocycles. The molecule has 0 aliphatic carbocycles. The van der Waals surface area contributed by atoms with E-state index in [1.165, 1.54) is 5.56 Å². The molecular weight excluding hydrogens is 498 g/mol. The molecule has 4 rings (SSSR count). The number of amides is 2. The van der Waals surface area contributed by atoms with Crippen LogP contribution in [0.1, 0.15) is 47.4 Å². The third kappa shape index (κ3) is 7.13. The third-order valence-electron chi connectivity index (χ3n) is 6.82. The summed E-state index contributed by atoms with van der Waals surface area (Å²) in [6, 6.07) is 24.3. The van der Waals surface area contributed by atoms with Gasteiger partial charge in [-0.2, -0.15) is 0 Å². The number of fused-ring (bicyclic) bond motifs is 1. The number of halogens is 1. The van der Waals surface area contributed by atoms with Gasteiger partial charge < -0.3 is 21.7 Å². The number of carbonyl (C=O) groups excluding carboxylic acids is 2. The standard InChI is InChI=1S/C30H34ClN5O2/c31-25-16-14-23(15-17-25)27(22-9-2-1-3-10-22)28(37)35-26(13-6-18-34-30(32)33)29(38)36-19-7-12-21-8-4-5-11-24(21)20-36/h1-5,8-11,14-17,26-27H,6-7,12-13,18-20H2,(H,35,37)(H4,32,33,34)/t26-,27-/m1/s1. The van der Waals surface area contributed by atoms with Crippen molar-refractivity contribution in [1.82, 2.24) is 10.2 Å². The van der Waals surface area contributed by atoms with Gasteiger partial charge in [0.1, 0.15) is 6.04 Å². The van der Waals surface area contributed by atoms with Crippen LogP contribution in [0.3, 0.4) is 0 Å². The summed E-state index contributed by atoms with van der Waals surface area (Å²) in [6.45, 7) is 1.53. The summed E-state index contributed by atoms with van der Waals surface area (Å²) < 4.78 is 0. The van der Waals surface area contributed by atoms with Crippen LogP contribution >= 0.6 is 11.6 Å². The molecular formula is C30H34ClN5O2. The van der Waals surface area contributed by atoms with E-state index >= 15 is 0 Å². The van der Waals surface area contributed by atoms with Gasteiger partial charge in [-0.15, -0.1) is 0 Å². The fourth-order valence-electron chi connectivity index (χ4n) is 4.92. The zero-order valence-electron chi connectivity index (χ0n) is 21.4. The fraction of sp³-hybridized carbons (Fsp3) is 0.300. The average molecular weight is 532 g/mol. The largest absolute Gasteiger partial charge is 0.370 e. The van der Waals surface area contributed by atoms with E-state index in [2.05, 4.69) is 22.4 Å². The highest BCUT2D eigenvalue weighted by atomic mass is 35.5. The van der Waals surface area contributed by atoms with Crippen molar-refractivity contribution < 1.29 is 9.59 Å². The summed E-state index contributed by atoms with van der Waals surface area (Å²) >= 11 is 6.12. The van der Waals surface area contributed by atoms with E-state index in [0.717, 1.165) is 29.5 Å². The third-order valence-corrected chi connectivity index (χ3v) is 7.08. The highest BCUT2D eigenvalue weighted by molar-refractivity contribution is 6.30. The topological polar surface area (TPSA) is 114 Å². The monoisotopic (exact) mass is 531 g/mol. The Bertz CT molecular complexity index is 1260. The molecule has 0 unspecified atom stereocenters. The number of nitrogens with one attached hydrogen (secondary N) is 1. The number of hydrogen-bond acceptors (Lipinski definition) is 3. The molecule has 0 fully saturated rings. The zero-order valence-corrected chi connectivity index (χ0v) is 22.1. The van der Waals surface area contributed by atoms with Crippen LogP contribution in [0.4, 0.5) is 0 Å². The zero-order chi connectivity index (χ0) is 26.9. The molecule has 38 heavy (non-hydrogen) atoms. The lowest BCUT2D eigenvalue weighted by atomic mass is 9.90. The number of benzene rings is 3. The minimum Gasteiger partial charge on any atom is -0.370 e. The van der Waals surface area contributed by atoms with Crippen molar-refractivity contribution in [3.63, 3.8) is 0 Å². The van der Waals surface area contributed by atoms with Gasteiger partial charge in [0.15, 0.2) is 5.96 Å². The molecule has 7 nitrogen and oxygen atoms in total. The number of aliphatic imine (C=N–C) groups is 1. The van der Waals surface area contributed by atoms with Crippen LogP contribution in [0.2, 0.25) is 5.02 Å². The SMILES string of the molecule is NC(N)=NCCC[C@@H](NC(=O)[C@H](c1ccccc1)c1ccc(Cl)cc1)C(=O)N1CCCc2ccccc2C1. The van der Waals surface area contributed by atoms with Gasteiger partial charge in [0.25, 0.3) is 0 Å². The lowest BCUT2D eigenvalue weighted by molar-refractivity contribution is -0.137. The predicted molar refractivity (Wildman–Crippen MR) is 152 cm³/mol. The van der Waals surface area contributed by atoms with E-state index in [-0.39, 0.29) is 17.8 Å². The summed E-state index contributed by atoms with van der Waals surface area (Å²) in [7, 11) is 0. The maximum absolute atomic E-state index is 13.9. The van der Waals surface area contributed by atoms with Crippen LogP contribution in [0.15, 0.2) is 83.9 Å². The molecule has 0 spiro atoms. The van der Waals surface area contributed by atoms with Crippen molar-refractivity contribution >= 4 is 29.4 Å². The molecule has 0 aromatic heterocycles. The average Bonchev–Trinajstić information content (AvgIpc) is 3.14. The summed E-state index contributed by atoms with van der Waals surface area (Å²) in [5, 5.41) is 3.68. The number of aryl methyl sites for hydroxylation is 1. The second-order valence-electron chi connectivity index (χ2n) is 9.54. The first-order chi connectivity index (χ1) is 18.4. The van der Waals surface area contributed by atoms with Gasteiger partial charge >= 0.3 is 0 Å². The molecule has 5 N–H and O–H groups in total. The van der Waals surface area contributed by atoms with Crippen LogP contribution in [0, 0.1) is 0 Å². The van der Waals surface area contributed by atoms with Gasteiger partial charge in [0.2, 0.25) is 11.8 Å². The first kappa shape index (κ1) is 27.2. The van der Waals surface area contributed by atoms with Crippen LogP contribution in [0.25, 0.3) is 0 Å². The minimum absolute atomic E-state index is 0.00733. The van der Waals surface area contributed by atoms with Gasteiger partial charge in [0, 0.05) is 24.7 Å². The lowest BCUT2D eigenvalue weighted by Gasteiger charge is -2.28. The molecule has 198 valence electrons. The Labute approximate surface area is 228 Å². The Balaban J connectivity index is 1.59. The Morgan fingerprint density at radius 2 is 1.58 bits per heavy atom. The Morgan fingerprint density at radius 1 is 0.921 bits per heavy atom. The molecule has 2 amide bonds. The quantitative estimate of drug-likeness (QED) is 0.220. The van der Waals surface area contributed by atoms with E-state index in [1.54, 1.807) is 12.1 Å². The molecule has 0 radical (unpaired) electrons. The highest BCUT2D eigenvalue weighted by Crippen LogP contribution is 2.27. The lowest BCUT2D eigenvalue weighted by Crippen LogP contribution is -2.49. The van der Waals surface area contributed by atoms with Gasteiger partial charge in [-0.1, -0.05) is 78.3 Å². The van der Waals surface area contributed by atoms with Crippen LogP contribution in [-0.2, 0) is 22.6 Å². The molecule has 1 aliphatic rings. The van der Waals surface area contributed by atoms with Crippen molar-refractivity contribution in [1.29, 1.82) is 0 Å². The number of hydrogen-bond donors (Lipinski definition) is 3. The Morgan fingerprint density at radius 3 is 2.29 bits per heavy atom. The molecule has 0 saturated carbocycles.